The molecule has 0 saturated carbocycles. The highest BCUT2D eigenvalue weighted by atomic mass is 16.7. The number of hydrogen-bond donors (Lipinski definition) is 0. The summed E-state index contributed by atoms with van der Waals surface area (Å²) in [6.07, 6.45) is 5.77. The number of ether oxygens (including phenoxy) is 2. The number of rotatable bonds is 6. The van der Waals surface area contributed by atoms with Gasteiger partial charge in [0.15, 0.2) is 0 Å². The van der Waals surface area contributed by atoms with E-state index in [0.717, 1.165) is 5.56 Å². The van der Waals surface area contributed by atoms with Gasteiger partial charge in [-0.05, 0) is 19.4 Å². The van der Waals surface area contributed by atoms with Gasteiger partial charge in [0.1, 0.15) is 0 Å². The summed E-state index contributed by atoms with van der Waals surface area (Å²) in [7, 11) is 0. The first-order valence-corrected chi connectivity index (χ1v) is 5.55. The van der Waals surface area contributed by atoms with E-state index in [-0.39, 0.29) is 0 Å². The average Bonchev–Trinajstić information content (AvgIpc) is 2.31. The maximum absolute atomic E-state index is 5.31. The molecule has 1 aromatic carbocycles. The van der Waals surface area contributed by atoms with Gasteiger partial charge in [-0.3, -0.25) is 0 Å². The van der Waals surface area contributed by atoms with E-state index < -0.39 is 0 Å². The Bertz CT molecular complexity index is 331. The van der Waals surface area contributed by atoms with Crippen LogP contribution in [0.3, 0.4) is 0 Å². The van der Waals surface area contributed by atoms with Crippen molar-refractivity contribution in [2.75, 3.05) is 13.2 Å². The normalized spacial score (nSPS) is 10.1. The summed E-state index contributed by atoms with van der Waals surface area (Å²) in [6, 6.07) is 10.1. The van der Waals surface area contributed by atoms with Crippen LogP contribution in [-0.4, -0.2) is 13.2 Å². The van der Waals surface area contributed by atoms with E-state index in [1.807, 2.05) is 62.4 Å². The number of hydrogen-bond acceptors (Lipinski definition) is 2. The molecule has 1 rings (SSSR count). The van der Waals surface area contributed by atoms with Crippen molar-refractivity contribution in [1.82, 2.24) is 0 Å². The van der Waals surface area contributed by atoms with Crippen molar-refractivity contribution >= 4 is 6.08 Å². The fourth-order valence-corrected chi connectivity index (χ4v) is 1.22. The van der Waals surface area contributed by atoms with Crippen molar-refractivity contribution in [2.24, 2.45) is 0 Å². The highest BCUT2D eigenvalue weighted by Crippen LogP contribution is 2.04. The molecule has 0 spiro atoms. The SMILES string of the molecule is CCOC(=C/C=C/c1ccccc1)OCC. The summed E-state index contributed by atoms with van der Waals surface area (Å²) in [5, 5.41) is 0. The van der Waals surface area contributed by atoms with Crippen LogP contribution < -0.4 is 0 Å². The summed E-state index contributed by atoms with van der Waals surface area (Å²) in [4.78, 5) is 0. The lowest BCUT2D eigenvalue weighted by molar-refractivity contribution is 0.0469. The van der Waals surface area contributed by atoms with Crippen LogP contribution in [0.25, 0.3) is 6.08 Å². The van der Waals surface area contributed by atoms with E-state index in [4.69, 9.17) is 9.47 Å². The molecule has 0 fully saturated rings. The van der Waals surface area contributed by atoms with Crippen molar-refractivity contribution in [1.29, 1.82) is 0 Å². The first kappa shape index (κ1) is 12.4. The number of benzene rings is 1. The predicted octanol–water partition coefficient (Wildman–Crippen LogP) is 3.61. The quantitative estimate of drug-likeness (QED) is 0.536. The van der Waals surface area contributed by atoms with Gasteiger partial charge >= 0.3 is 0 Å². The van der Waals surface area contributed by atoms with E-state index in [0.29, 0.717) is 19.2 Å². The van der Waals surface area contributed by atoms with Crippen molar-refractivity contribution < 1.29 is 9.47 Å². The monoisotopic (exact) mass is 218 g/mol. The van der Waals surface area contributed by atoms with Gasteiger partial charge in [0.25, 0.3) is 5.95 Å². The molecule has 0 heterocycles. The van der Waals surface area contributed by atoms with Crippen molar-refractivity contribution in [3.05, 3.63) is 54.0 Å². The topological polar surface area (TPSA) is 18.5 Å². The van der Waals surface area contributed by atoms with Crippen LogP contribution in [0.2, 0.25) is 0 Å². The minimum Gasteiger partial charge on any atom is -0.466 e. The summed E-state index contributed by atoms with van der Waals surface area (Å²) < 4.78 is 10.6. The molecular formula is C14H18O2. The third-order valence-electron chi connectivity index (χ3n) is 1.89. The van der Waals surface area contributed by atoms with Gasteiger partial charge < -0.3 is 9.47 Å². The maximum atomic E-state index is 5.31. The van der Waals surface area contributed by atoms with Gasteiger partial charge in [-0.15, -0.1) is 0 Å². The van der Waals surface area contributed by atoms with Gasteiger partial charge in [-0.1, -0.05) is 42.5 Å². The Balaban J connectivity index is 2.58. The molecule has 1 aromatic rings. The van der Waals surface area contributed by atoms with Crippen LogP contribution in [0, 0.1) is 0 Å². The second-order valence-corrected chi connectivity index (χ2v) is 3.12. The molecule has 0 atom stereocenters. The third kappa shape index (κ3) is 4.69. The second kappa shape index (κ2) is 7.57. The van der Waals surface area contributed by atoms with Crippen LogP contribution in [0.4, 0.5) is 0 Å². The van der Waals surface area contributed by atoms with Gasteiger partial charge in [0, 0.05) is 6.08 Å². The van der Waals surface area contributed by atoms with Gasteiger partial charge in [-0.25, -0.2) is 0 Å². The molecule has 16 heavy (non-hydrogen) atoms. The van der Waals surface area contributed by atoms with Crippen LogP contribution in [0.15, 0.2) is 48.4 Å². The Labute approximate surface area is 97.2 Å². The highest BCUT2D eigenvalue weighted by molar-refractivity contribution is 5.50. The first-order valence-electron chi connectivity index (χ1n) is 5.55. The van der Waals surface area contributed by atoms with Gasteiger partial charge in [0.05, 0.1) is 13.2 Å². The third-order valence-corrected chi connectivity index (χ3v) is 1.89. The van der Waals surface area contributed by atoms with E-state index in [1.54, 1.807) is 0 Å². The molecule has 0 N–H and O–H groups in total. The van der Waals surface area contributed by atoms with Gasteiger partial charge in [-0.2, -0.15) is 0 Å². The Morgan fingerprint density at radius 3 is 2.25 bits per heavy atom. The first-order chi connectivity index (χ1) is 7.86. The molecule has 0 saturated heterocycles. The largest absolute Gasteiger partial charge is 0.466 e. The zero-order valence-electron chi connectivity index (χ0n) is 9.85. The standard InChI is InChI=1S/C14H18O2/c1-3-15-14(16-4-2)12-8-11-13-9-6-5-7-10-13/h5-12H,3-4H2,1-2H3/b11-8+. The Morgan fingerprint density at radius 2 is 1.69 bits per heavy atom. The molecule has 0 aliphatic heterocycles. The summed E-state index contributed by atoms with van der Waals surface area (Å²) in [6.45, 7) is 5.11. The fourth-order valence-electron chi connectivity index (χ4n) is 1.22. The Kier molecular flexibility index (Phi) is 5.86. The predicted molar refractivity (Wildman–Crippen MR) is 66.8 cm³/mol. The minimum atomic E-state index is 0.567. The van der Waals surface area contributed by atoms with E-state index in [1.165, 1.54) is 0 Å². The lowest BCUT2D eigenvalue weighted by Gasteiger charge is -2.07. The average molecular weight is 218 g/mol. The van der Waals surface area contributed by atoms with Gasteiger partial charge in [0.2, 0.25) is 0 Å². The van der Waals surface area contributed by atoms with Crippen molar-refractivity contribution in [3.8, 4) is 0 Å². The number of allylic oxidation sites excluding steroid dienone is 2. The molecule has 0 aliphatic carbocycles. The molecule has 86 valence electrons. The molecule has 0 aromatic heterocycles. The van der Waals surface area contributed by atoms with E-state index >= 15 is 0 Å². The molecule has 0 radical (unpaired) electrons. The molecule has 0 amide bonds. The molecule has 0 unspecified atom stereocenters. The lowest BCUT2D eigenvalue weighted by Crippen LogP contribution is -1.96. The van der Waals surface area contributed by atoms with E-state index in [2.05, 4.69) is 0 Å². The smallest absolute Gasteiger partial charge is 0.279 e. The Hall–Kier alpha value is -1.70. The highest BCUT2D eigenvalue weighted by Gasteiger charge is 1.93. The fraction of sp³-hybridized carbons (Fsp3) is 0.286. The van der Waals surface area contributed by atoms with Crippen LogP contribution in [-0.2, 0) is 9.47 Å². The maximum Gasteiger partial charge on any atom is 0.279 e. The molecule has 2 nitrogen and oxygen atoms in total. The zero-order chi connectivity index (χ0) is 11.6. The second-order valence-electron chi connectivity index (χ2n) is 3.12. The molecule has 0 aliphatic rings. The van der Waals surface area contributed by atoms with E-state index in [9.17, 15) is 0 Å². The summed E-state index contributed by atoms with van der Waals surface area (Å²) >= 11 is 0. The van der Waals surface area contributed by atoms with Crippen LogP contribution in [0.5, 0.6) is 0 Å². The van der Waals surface area contributed by atoms with Crippen molar-refractivity contribution in [2.45, 2.75) is 13.8 Å². The zero-order valence-corrected chi connectivity index (χ0v) is 9.85. The lowest BCUT2D eigenvalue weighted by atomic mass is 10.2. The molecule has 2 heteroatoms. The minimum absolute atomic E-state index is 0.567. The molecule has 0 bridgehead atoms. The molecular weight excluding hydrogens is 200 g/mol. The summed E-state index contributed by atoms with van der Waals surface area (Å²) in [5.41, 5.74) is 1.16. The van der Waals surface area contributed by atoms with Crippen LogP contribution >= 0.6 is 0 Å². The van der Waals surface area contributed by atoms with Crippen molar-refractivity contribution in [3.63, 3.8) is 0 Å². The Morgan fingerprint density at radius 1 is 1.06 bits per heavy atom. The summed E-state index contributed by atoms with van der Waals surface area (Å²) in [5.74, 6) is 0.567. The van der Waals surface area contributed by atoms with Crippen LogP contribution in [0.1, 0.15) is 19.4 Å².